The Morgan fingerprint density at radius 2 is 1.49 bits per heavy atom. The van der Waals surface area contributed by atoms with Crippen LogP contribution in [0.4, 0.5) is 4.39 Å². The Bertz CT molecular complexity index is 1480. The van der Waals surface area contributed by atoms with Crippen LogP contribution in [0.5, 0.6) is 0 Å². The number of nitrogens with zero attached hydrogens (tertiary/aromatic N) is 3. The van der Waals surface area contributed by atoms with Crippen molar-refractivity contribution in [1.82, 2.24) is 25.3 Å². The summed E-state index contributed by atoms with van der Waals surface area (Å²) in [5.74, 6) is -3.01. The molecule has 4 fully saturated rings. The van der Waals surface area contributed by atoms with Crippen molar-refractivity contribution in [2.45, 2.75) is 55.4 Å². The van der Waals surface area contributed by atoms with Crippen molar-refractivity contribution in [3.05, 3.63) is 71.5 Å². The fourth-order valence-corrected chi connectivity index (χ4v) is 6.52. The first kappa shape index (κ1) is 30.6. The second-order valence-corrected chi connectivity index (χ2v) is 11.8. The van der Waals surface area contributed by atoms with Gasteiger partial charge in [-0.25, -0.2) is 4.39 Å². The smallest absolute Gasteiger partial charge is 0.254 e. The summed E-state index contributed by atoms with van der Waals surface area (Å²) < 4.78 is 19.3. The zero-order valence-corrected chi connectivity index (χ0v) is 24.3. The van der Waals surface area contributed by atoms with Crippen LogP contribution in [-0.2, 0) is 19.1 Å². The summed E-state index contributed by atoms with van der Waals surface area (Å²) in [6.07, 6.45) is -5.07. The number of aliphatic hydroxyl groups excluding tert-OH is 2. The molecule has 2 aromatic carbocycles. The van der Waals surface area contributed by atoms with Crippen LogP contribution >= 0.6 is 0 Å². The highest BCUT2D eigenvalue weighted by molar-refractivity contribution is 6.00. The molecule has 4 aliphatic heterocycles. The number of carbonyl (C=O) groups excluding carboxylic acids is 5. The Kier molecular flexibility index (Phi) is 8.53. The highest BCUT2D eigenvalue weighted by Gasteiger charge is 2.47. The van der Waals surface area contributed by atoms with E-state index in [-0.39, 0.29) is 51.1 Å². The molecule has 2 aromatic rings. The maximum atomic E-state index is 14.1. The molecule has 0 saturated carbocycles. The minimum atomic E-state index is -1.40. The maximum absolute atomic E-state index is 14.1. The van der Waals surface area contributed by atoms with E-state index >= 15 is 0 Å². The zero-order valence-electron chi connectivity index (χ0n) is 24.3. The average molecular weight is 624 g/mol. The third kappa shape index (κ3) is 6.13. The minimum absolute atomic E-state index is 0.0249. The van der Waals surface area contributed by atoms with Crippen LogP contribution in [-0.4, -0.2) is 130 Å². The predicted octanol–water partition coefficient (Wildman–Crippen LogP) is -1.11. The molecule has 0 spiro atoms. The second-order valence-electron chi connectivity index (χ2n) is 11.8. The molecule has 45 heavy (non-hydrogen) atoms. The largest absolute Gasteiger partial charge is 0.388 e. The lowest BCUT2D eigenvalue weighted by atomic mass is 10.0. The Labute approximate surface area is 257 Å². The number of rotatable bonds is 2. The van der Waals surface area contributed by atoms with Gasteiger partial charge in [0, 0.05) is 43.3 Å². The van der Waals surface area contributed by atoms with E-state index in [2.05, 4.69) is 10.6 Å². The van der Waals surface area contributed by atoms with Gasteiger partial charge in [-0.2, -0.15) is 0 Å². The fourth-order valence-electron chi connectivity index (χ4n) is 6.52. The van der Waals surface area contributed by atoms with Crippen LogP contribution in [0.25, 0.3) is 0 Å². The van der Waals surface area contributed by atoms with E-state index in [9.17, 15) is 38.6 Å². The van der Waals surface area contributed by atoms with Crippen molar-refractivity contribution in [3.63, 3.8) is 0 Å². The van der Waals surface area contributed by atoms with Crippen molar-refractivity contribution in [2.24, 2.45) is 0 Å². The average Bonchev–Trinajstić information content (AvgIpc) is 3.58. The van der Waals surface area contributed by atoms with Crippen molar-refractivity contribution in [3.8, 4) is 0 Å². The highest BCUT2D eigenvalue weighted by atomic mass is 19.1. The molecule has 238 valence electrons. The molecule has 6 bridgehead atoms. The van der Waals surface area contributed by atoms with Gasteiger partial charge in [-0.15, -0.1) is 0 Å². The number of amides is 5. The van der Waals surface area contributed by atoms with Crippen LogP contribution in [0.1, 0.15) is 33.6 Å². The van der Waals surface area contributed by atoms with E-state index in [0.29, 0.717) is 5.56 Å². The van der Waals surface area contributed by atoms with Gasteiger partial charge in [-0.1, -0.05) is 18.2 Å². The standard InChI is InChI=1S/C31H34FN5O8/c32-19-8-6-18(7-9-19)29(42)36-11-10-35-16-22(36)28(41)33-14-24-27(40)26(39)23(45-24)13-25(38)34-20-12-21(31(35)44)37(15-20)30(43)17-4-2-1-3-5-17/h1-9,20-24,26-27,39-40H,10-16H2,(H,33,41)(H,34,38)/t20-,21-,22-,23-,24+,26-,27+/m0/s1. The molecule has 4 N–H and O–H groups in total. The van der Waals surface area contributed by atoms with Gasteiger partial charge < -0.3 is 40.3 Å². The van der Waals surface area contributed by atoms with E-state index in [0.717, 1.165) is 12.1 Å². The molecule has 13 nitrogen and oxygen atoms in total. The normalized spacial score (nSPS) is 30.6. The van der Waals surface area contributed by atoms with Gasteiger partial charge in [-0.05, 0) is 42.8 Å². The summed E-state index contributed by atoms with van der Waals surface area (Å²) in [6, 6.07) is 10.6. The van der Waals surface area contributed by atoms with Crippen molar-refractivity contribution < 1.29 is 43.3 Å². The van der Waals surface area contributed by atoms with Crippen LogP contribution < -0.4 is 10.6 Å². The number of halogens is 1. The lowest BCUT2D eigenvalue weighted by Gasteiger charge is -2.42. The van der Waals surface area contributed by atoms with Crippen LogP contribution in [0.3, 0.4) is 0 Å². The number of aliphatic hydroxyl groups is 2. The van der Waals surface area contributed by atoms with Crippen LogP contribution in [0.15, 0.2) is 54.6 Å². The molecule has 4 saturated heterocycles. The number of hydrogen-bond acceptors (Lipinski definition) is 8. The molecular formula is C31H34FN5O8. The number of benzene rings is 2. The SMILES string of the molecule is O=C1C[C@@H]2O[C@H](CNC(=O)[C@@H]3CN(CCN3C(=O)c3ccc(F)cc3)C(=O)[C@@H]3C[C@@H](CN3C(=O)c3ccccc3)N1)[C@@H](O)[C@H]2O. The first-order valence-electron chi connectivity index (χ1n) is 14.9. The molecule has 5 amide bonds. The molecule has 4 heterocycles. The number of hydrogen-bond donors (Lipinski definition) is 4. The number of fused-ring (bicyclic) bond motifs is 6. The molecule has 4 aliphatic rings. The van der Waals surface area contributed by atoms with Crippen molar-refractivity contribution in [2.75, 3.05) is 32.7 Å². The molecule has 0 aliphatic carbocycles. The number of nitrogens with one attached hydrogen (secondary N) is 2. The monoisotopic (exact) mass is 623 g/mol. The maximum Gasteiger partial charge on any atom is 0.254 e. The van der Waals surface area contributed by atoms with Gasteiger partial charge in [-0.3, -0.25) is 24.0 Å². The number of piperazine rings is 1. The molecule has 7 atom stereocenters. The van der Waals surface area contributed by atoms with Crippen LogP contribution in [0, 0.1) is 5.82 Å². The lowest BCUT2D eigenvalue weighted by molar-refractivity contribution is -0.140. The van der Waals surface area contributed by atoms with Crippen LogP contribution in [0.2, 0.25) is 0 Å². The van der Waals surface area contributed by atoms with E-state index < -0.39 is 77.9 Å². The number of likely N-dealkylation sites (tertiary alicyclic amines) is 1. The first-order valence-corrected chi connectivity index (χ1v) is 14.9. The van der Waals surface area contributed by atoms with E-state index in [1.807, 2.05) is 0 Å². The van der Waals surface area contributed by atoms with E-state index in [1.165, 1.54) is 26.8 Å². The Hall–Kier alpha value is -4.40. The Morgan fingerprint density at radius 1 is 0.822 bits per heavy atom. The lowest BCUT2D eigenvalue weighted by Crippen LogP contribution is -2.63. The number of ether oxygens (including phenoxy) is 1. The zero-order chi connectivity index (χ0) is 31.8. The first-order chi connectivity index (χ1) is 21.6. The second kappa shape index (κ2) is 12.5. The Morgan fingerprint density at radius 3 is 2.22 bits per heavy atom. The van der Waals surface area contributed by atoms with E-state index in [4.69, 9.17) is 4.74 Å². The number of carbonyl (C=O) groups is 5. The topological polar surface area (TPSA) is 169 Å². The molecule has 6 rings (SSSR count). The highest BCUT2D eigenvalue weighted by Crippen LogP contribution is 2.27. The third-order valence-corrected chi connectivity index (χ3v) is 8.90. The van der Waals surface area contributed by atoms with Gasteiger partial charge in [0.2, 0.25) is 17.7 Å². The molecule has 0 aromatic heterocycles. The van der Waals surface area contributed by atoms with Gasteiger partial charge in [0.25, 0.3) is 11.8 Å². The van der Waals surface area contributed by atoms with Gasteiger partial charge in [0.1, 0.15) is 36.2 Å². The third-order valence-electron chi connectivity index (χ3n) is 8.90. The quantitative estimate of drug-likeness (QED) is 0.327. The predicted molar refractivity (Wildman–Crippen MR) is 154 cm³/mol. The van der Waals surface area contributed by atoms with Gasteiger partial charge in [0.05, 0.1) is 19.1 Å². The molecular weight excluding hydrogens is 589 g/mol. The minimum Gasteiger partial charge on any atom is -0.388 e. The van der Waals surface area contributed by atoms with E-state index in [1.54, 1.807) is 30.3 Å². The summed E-state index contributed by atoms with van der Waals surface area (Å²) in [7, 11) is 0. The molecule has 0 unspecified atom stereocenters. The summed E-state index contributed by atoms with van der Waals surface area (Å²) in [6.45, 7) is -0.347. The van der Waals surface area contributed by atoms with Crippen molar-refractivity contribution in [1.29, 1.82) is 0 Å². The fraction of sp³-hybridized carbons (Fsp3) is 0.452. The summed E-state index contributed by atoms with van der Waals surface area (Å²) in [5.41, 5.74) is 0.522. The van der Waals surface area contributed by atoms with Gasteiger partial charge in [0.15, 0.2) is 0 Å². The van der Waals surface area contributed by atoms with Crippen molar-refractivity contribution >= 4 is 29.5 Å². The molecule has 0 radical (unpaired) electrons. The van der Waals surface area contributed by atoms with Gasteiger partial charge >= 0.3 is 0 Å². The molecule has 14 heteroatoms. The summed E-state index contributed by atoms with van der Waals surface area (Å²) >= 11 is 0. The Balaban J connectivity index is 1.32. The summed E-state index contributed by atoms with van der Waals surface area (Å²) in [4.78, 5) is 71.9. The summed E-state index contributed by atoms with van der Waals surface area (Å²) in [5, 5.41) is 26.7.